The first-order valence-electron chi connectivity index (χ1n) is 9.26. The average Bonchev–Trinajstić information content (AvgIpc) is 3.34. The fourth-order valence-corrected chi connectivity index (χ4v) is 5.43. The number of carbonyl (C=O) groups is 1. The maximum absolute atomic E-state index is 13.1. The van der Waals surface area contributed by atoms with Crippen molar-refractivity contribution in [1.29, 1.82) is 0 Å². The van der Waals surface area contributed by atoms with Gasteiger partial charge < -0.3 is 9.42 Å². The van der Waals surface area contributed by atoms with Crippen LogP contribution in [0.15, 0.2) is 22.9 Å². The lowest BCUT2D eigenvalue weighted by molar-refractivity contribution is 0.0766. The summed E-state index contributed by atoms with van der Waals surface area (Å²) >= 11 is 0. The van der Waals surface area contributed by atoms with Crippen molar-refractivity contribution < 1.29 is 17.7 Å². The molecule has 0 bridgehead atoms. The van der Waals surface area contributed by atoms with Crippen LogP contribution in [0.3, 0.4) is 0 Å². The number of sulfonamides is 1. The summed E-state index contributed by atoms with van der Waals surface area (Å²) in [5.41, 5.74) is 0.529. The van der Waals surface area contributed by atoms with Gasteiger partial charge in [-0.2, -0.15) is 4.98 Å². The molecule has 2 atom stereocenters. The van der Waals surface area contributed by atoms with Gasteiger partial charge in [-0.1, -0.05) is 11.2 Å². The molecule has 28 heavy (non-hydrogen) atoms. The Balaban J connectivity index is 1.69. The highest BCUT2D eigenvalue weighted by atomic mass is 32.2. The quantitative estimate of drug-likeness (QED) is 0.738. The predicted molar refractivity (Wildman–Crippen MR) is 100 cm³/mol. The van der Waals surface area contributed by atoms with Gasteiger partial charge in [-0.3, -0.25) is 9.78 Å². The Bertz CT molecular complexity index is 1020. The Hall–Kier alpha value is -2.33. The number of nitrogens with zero attached hydrogens (tertiary/aromatic N) is 5. The van der Waals surface area contributed by atoms with Gasteiger partial charge in [0.05, 0.1) is 11.2 Å². The van der Waals surface area contributed by atoms with Crippen molar-refractivity contribution in [3.05, 3.63) is 41.3 Å². The first kappa shape index (κ1) is 19.0. The number of pyridine rings is 1. The molecule has 2 aromatic heterocycles. The number of hydrogen-bond acceptors (Lipinski definition) is 7. The summed E-state index contributed by atoms with van der Waals surface area (Å²) in [6.07, 6.45) is 1.60. The zero-order chi connectivity index (χ0) is 20.1. The van der Waals surface area contributed by atoms with Crippen molar-refractivity contribution in [2.24, 2.45) is 5.92 Å². The standard InChI is InChI=1S/C18H23N5O4S/c1-4-28(25,26)23-9-14-8-22(16(24)15-12(2)6-5-7-19-15)10-18(14,11-23)17-20-13(3)21-27-17/h5-7,14H,4,8-11H2,1-3H3/t14-,18-/m0/s1. The van der Waals surface area contributed by atoms with Crippen molar-refractivity contribution in [2.45, 2.75) is 26.2 Å². The van der Waals surface area contributed by atoms with Gasteiger partial charge in [0.1, 0.15) is 5.69 Å². The van der Waals surface area contributed by atoms with E-state index in [0.29, 0.717) is 37.0 Å². The van der Waals surface area contributed by atoms with Crippen LogP contribution in [0.4, 0.5) is 0 Å². The Labute approximate surface area is 163 Å². The van der Waals surface area contributed by atoms with Crippen LogP contribution in [0.1, 0.15) is 34.7 Å². The van der Waals surface area contributed by atoms with E-state index in [1.54, 1.807) is 31.0 Å². The van der Waals surface area contributed by atoms with E-state index in [9.17, 15) is 13.2 Å². The van der Waals surface area contributed by atoms with Gasteiger partial charge in [-0.25, -0.2) is 12.7 Å². The van der Waals surface area contributed by atoms with Gasteiger partial charge in [0.25, 0.3) is 5.91 Å². The number of hydrogen-bond donors (Lipinski definition) is 0. The van der Waals surface area contributed by atoms with Crippen molar-refractivity contribution in [3.8, 4) is 0 Å². The lowest BCUT2D eigenvalue weighted by Crippen LogP contribution is -2.42. The lowest BCUT2D eigenvalue weighted by atomic mass is 9.81. The second-order valence-electron chi connectivity index (χ2n) is 7.55. The molecular formula is C18H23N5O4S. The Morgan fingerprint density at radius 1 is 1.32 bits per heavy atom. The second kappa shape index (κ2) is 6.63. The molecule has 2 aromatic rings. The molecule has 4 rings (SSSR count). The Kier molecular flexibility index (Phi) is 4.50. The monoisotopic (exact) mass is 405 g/mol. The molecule has 0 spiro atoms. The molecular weight excluding hydrogens is 382 g/mol. The van der Waals surface area contributed by atoms with E-state index in [4.69, 9.17) is 4.52 Å². The minimum Gasteiger partial charge on any atom is -0.339 e. The molecule has 150 valence electrons. The van der Waals surface area contributed by atoms with Crippen LogP contribution in [0.5, 0.6) is 0 Å². The fourth-order valence-electron chi connectivity index (χ4n) is 4.23. The van der Waals surface area contributed by atoms with E-state index in [0.717, 1.165) is 5.56 Å². The van der Waals surface area contributed by atoms with Gasteiger partial charge in [0.2, 0.25) is 15.9 Å². The number of aromatic nitrogens is 3. The third kappa shape index (κ3) is 2.91. The van der Waals surface area contributed by atoms with Crippen LogP contribution >= 0.6 is 0 Å². The van der Waals surface area contributed by atoms with Crippen LogP contribution in [-0.2, 0) is 15.4 Å². The second-order valence-corrected chi connectivity index (χ2v) is 9.81. The maximum Gasteiger partial charge on any atom is 0.272 e. The predicted octanol–water partition coefficient (Wildman–Crippen LogP) is 0.757. The highest BCUT2D eigenvalue weighted by Crippen LogP contribution is 2.45. The molecule has 0 N–H and O–H groups in total. The Morgan fingerprint density at radius 2 is 2.11 bits per heavy atom. The van der Waals surface area contributed by atoms with Crippen molar-refractivity contribution in [3.63, 3.8) is 0 Å². The van der Waals surface area contributed by atoms with Crippen molar-refractivity contribution in [2.75, 3.05) is 31.9 Å². The van der Waals surface area contributed by atoms with Crippen molar-refractivity contribution >= 4 is 15.9 Å². The molecule has 4 heterocycles. The summed E-state index contributed by atoms with van der Waals surface area (Å²) < 4.78 is 31.9. The fraction of sp³-hybridized carbons (Fsp3) is 0.556. The van der Waals surface area contributed by atoms with Gasteiger partial charge in [0, 0.05) is 38.3 Å². The van der Waals surface area contributed by atoms with Gasteiger partial charge >= 0.3 is 0 Å². The van der Waals surface area contributed by atoms with E-state index in [1.807, 2.05) is 13.0 Å². The number of aryl methyl sites for hydroxylation is 2. The van der Waals surface area contributed by atoms with Gasteiger partial charge in [-0.15, -0.1) is 0 Å². The molecule has 0 aliphatic carbocycles. The normalized spacial score (nSPS) is 25.2. The van der Waals surface area contributed by atoms with E-state index in [1.165, 1.54) is 4.31 Å². The third-order valence-electron chi connectivity index (χ3n) is 5.79. The minimum absolute atomic E-state index is 0.0361. The number of likely N-dealkylation sites (tertiary alicyclic amines) is 1. The van der Waals surface area contributed by atoms with E-state index in [2.05, 4.69) is 15.1 Å². The van der Waals surface area contributed by atoms with Crippen LogP contribution in [-0.4, -0.2) is 70.6 Å². The maximum atomic E-state index is 13.1. The first-order valence-corrected chi connectivity index (χ1v) is 10.9. The number of fused-ring (bicyclic) bond motifs is 1. The summed E-state index contributed by atoms with van der Waals surface area (Å²) in [6.45, 7) is 6.53. The Morgan fingerprint density at radius 3 is 2.75 bits per heavy atom. The molecule has 0 radical (unpaired) electrons. The van der Waals surface area contributed by atoms with Crippen LogP contribution in [0.2, 0.25) is 0 Å². The minimum atomic E-state index is -3.35. The topological polar surface area (TPSA) is 110 Å². The largest absolute Gasteiger partial charge is 0.339 e. The molecule has 9 nitrogen and oxygen atoms in total. The van der Waals surface area contributed by atoms with Gasteiger partial charge in [-0.05, 0) is 32.4 Å². The van der Waals surface area contributed by atoms with E-state index >= 15 is 0 Å². The molecule has 2 aliphatic rings. The molecule has 10 heteroatoms. The third-order valence-corrected chi connectivity index (χ3v) is 7.58. The molecule has 1 amide bonds. The lowest BCUT2D eigenvalue weighted by Gasteiger charge is -2.25. The zero-order valence-corrected chi connectivity index (χ0v) is 16.9. The zero-order valence-electron chi connectivity index (χ0n) is 16.1. The number of amides is 1. The van der Waals surface area contributed by atoms with E-state index in [-0.39, 0.29) is 24.1 Å². The molecule has 0 saturated carbocycles. The van der Waals surface area contributed by atoms with Crippen LogP contribution in [0, 0.1) is 19.8 Å². The number of carbonyl (C=O) groups excluding carboxylic acids is 1. The first-order chi connectivity index (χ1) is 13.3. The highest BCUT2D eigenvalue weighted by Gasteiger charge is 2.59. The summed E-state index contributed by atoms with van der Waals surface area (Å²) in [4.78, 5) is 23.4. The van der Waals surface area contributed by atoms with Crippen LogP contribution < -0.4 is 0 Å². The number of rotatable bonds is 4. The SMILES string of the molecule is CCS(=O)(=O)N1C[C@@H]2CN(C(=O)c3ncccc3C)C[C@]2(c2nc(C)no2)C1. The summed E-state index contributed by atoms with van der Waals surface area (Å²) in [5.74, 6) is 0.658. The van der Waals surface area contributed by atoms with E-state index < -0.39 is 15.4 Å². The van der Waals surface area contributed by atoms with Gasteiger partial charge in [0.15, 0.2) is 5.82 Å². The van der Waals surface area contributed by atoms with Crippen molar-refractivity contribution in [1.82, 2.24) is 24.3 Å². The molecule has 0 aromatic carbocycles. The molecule has 2 saturated heterocycles. The molecule has 0 unspecified atom stereocenters. The average molecular weight is 405 g/mol. The molecule has 2 aliphatic heterocycles. The molecule has 2 fully saturated rings. The smallest absolute Gasteiger partial charge is 0.272 e. The summed E-state index contributed by atoms with van der Waals surface area (Å²) in [7, 11) is -3.35. The van der Waals surface area contributed by atoms with Crippen LogP contribution in [0.25, 0.3) is 0 Å². The summed E-state index contributed by atoms with van der Waals surface area (Å²) in [5, 5.41) is 3.90. The summed E-state index contributed by atoms with van der Waals surface area (Å²) in [6, 6.07) is 3.64. The highest BCUT2D eigenvalue weighted by molar-refractivity contribution is 7.89.